The quantitative estimate of drug-likeness (QED) is 0.622. The van der Waals surface area contributed by atoms with E-state index in [1.165, 1.54) is 10.5 Å². The van der Waals surface area contributed by atoms with Crippen molar-refractivity contribution in [3.8, 4) is 0 Å². The Morgan fingerprint density at radius 3 is 2.68 bits per heavy atom. The maximum Gasteiger partial charge on any atom is 0.407 e. The minimum Gasteiger partial charge on any atom is -0.465 e. The van der Waals surface area contributed by atoms with Gasteiger partial charge in [-0.3, -0.25) is 9.69 Å². The lowest BCUT2D eigenvalue weighted by Crippen LogP contribution is -2.42. The number of nitrogens with one attached hydrogen (secondary N) is 1. The van der Waals surface area contributed by atoms with Crippen molar-refractivity contribution in [2.24, 2.45) is 11.3 Å². The Hall–Kier alpha value is -2.54. The summed E-state index contributed by atoms with van der Waals surface area (Å²) in [5.74, 6) is 0.0833. The lowest BCUT2D eigenvalue weighted by molar-refractivity contribution is -0.119. The molecule has 28 heavy (non-hydrogen) atoms. The van der Waals surface area contributed by atoms with Crippen LogP contribution in [0.1, 0.15) is 18.4 Å². The summed E-state index contributed by atoms with van der Waals surface area (Å²) in [5, 5.41) is 12.5. The van der Waals surface area contributed by atoms with Crippen molar-refractivity contribution < 1.29 is 14.7 Å². The first-order valence-corrected chi connectivity index (χ1v) is 10.1. The van der Waals surface area contributed by atoms with E-state index in [1.54, 1.807) is 18.2 Å². The second-order valence-corrected chi connectivity index (χ2v) is 8.72. The summed E-state index contributed by atoms with van der Waals surface area (Å²) in [6.45, 7) is 0.409. The maximum absolute atomic E-state index is 12.9. The third-order valence-electron chi connectivity index (χ3n) is 5.97. The third-order valence-corrected chi connectivity index (χ3v) is 6.46. The number of amides is 2. The molecule has 1 heterocycles. The van der Waals surface area contributed by atoms with Crippen LogP contribution in [0.3, 0.4) is 0 Å². The third kappa shape index (κ3) is 3.58. The highest BCUT2D eigenvalue weighted by Gasteiger charge is 2.62. The average Bonchev–Trinajstić information content (AvgIpc) is 3.15. The number of halogens is 1. The molecule has 2 aliphatic rings. The molecular formula is C21H22BrN3O3. The summed E-state index contributed by atoms with van der Waals surface area (Å²) >= 11 is 3.36. The number of carbonyl (C=O) groups excluding carboxylic acids is 1. The molecule has 3 unspecified atom stereocenters. The molecule has 2 fully saturated rings. The van der Waals surface area contributed by atoms with Crippen LogP contribution in [0.25, 0.3) is 0 Å². The summed E-state index contributed by atoms with van der Waals surface area (Å²) in [4.78, 5) is 26.0. The molecular weight excluding hydrogens is 422 g/mol. The van der Waals surface area contributed by atoms with Gasteiger partial charge in [0, 0.05) is 11.0 Å². The number of anilines is 2. The van der Waals surface area contributed by atoms with E-state index in [0.717, 1.165) is 17.3 Å². The number of nitrogens with zero attached hydrogens (tertiary/aromatic N) is 1. The Balaban J connectivity index is 1.48. The average molecular weight is 444 g/mol. The van der Waals surface area contributed by atoms with Crippen LogP contribution in [0.5, 0.6) is 0 Å². The lowest BCUT2D eigenvalue weighted by atomic mass is 9.96. The van der Waals surface area contributed by atoms with Gasteiger partial charge in [-0.05, 0) is 54.4 Å². The van der Waals surface area contributed by atoms with Crippen molar-refractivity contribution in [3.63, 3.8) is 0 Å². The van der Waals surface area contributed by atoms with E-state index >= 15 is 0 Å². The molecule has 0 bridgehead atoms. The van der Waals surface area contributed by atoms with Crippen LogP contribution in [-0.2, 0) is 11.2 Å². The van der Waals surface area contributed by atoms with Crippen LogP contribution < -0.4 is 11.1 Å². The number of carboxylic acid groups (broad SMARTS) is 1. The van der Waals surface area contributed by atoms with Crippen molar-refractivity contribution in [2.75, 3.05) is 17.6 Å². The second-order valence-electron chi connectivity index (χ2n) is 7.80. The molecule has 1 aliphatic carbocycles. The monoisotopic (exact) mass is 443 g/mol. The van der Waals surface area contributed by atoms with Gasteiger partial charge in [-0.1, -0.05) is 46.3 Å². The number of likely N-dealkylation sites (tertiary alicyclic amines) is 1. The van der Waals surface area contributed by atoms with Crippen LogP contribution >= 0.6 is 15.9 Å². The summed E-state index contributed by atoms with van der Waals surface area (Å²) in [5.41, 5.74) is 8.02. The molecule has 1 saturated heterocycles. The van der Waals surface area contributed by atoms with Crippen molar-refractivity contribution in [1.29, 1.82) is 0 Å². The molecule has 6 nitrogen and oxygen atoms in total. The highest BCUT2D eigenvalue weighted by atomic mass is 79.9. The van der Waals surface area contributed by atoms with Crippen LogP contribution in [0.15, 0.2) is 53.0 Å². The van der Waals surface area contributed by atoms with Crippen LogP contribution in [0, 0.1) is 11.3 Å². The van der Waals surface area contributed by atoms with Crippen LogP contribution in [-0.4, -0.2) is 34.6 Å². The molecule has 3 atom stereocenters. The van der Waals surface area contributed by atoms with Gasteiger partial charge in [0.25, 0.3) is 0 Å². The van der Waals surface area contributed by atoms with Gasteiger partial charge in [0.2, 0.25) is 5.91 Å². The Kier molecular flexibility index (Phi) is 4.79. The zero-order chi connectivity index (χ0) is 19.9. The number of benzene rings is 2. The molecule has 4 N–H and O–H groups in total. The van der Waals surface area contributed by atoms with E-state index in [1.807, 2.05) is 18.2 Å². The van der Waals surface area contributed by atoms with E-state index in [-0.39, 0.29) is 11.3 Å². The van der Waals surface area contributed by atoms with Gasteiger partial charge < -0.3 is 16.2 Å². The molecule has 1 aliphatic heterocycles. The van der Waals surface area contributed by atoms with Gasteiger partial charge >= 0.3 is 6.09 Å². The fraction of sp³-hybridized carbons (Fsp3) is 0.333. The molecule has 4 rings (SSSR count). The highest BCUT2D eigenvalue weighted by molar-refractivity contribution is 9.10. The smallest absolute Gasteiger partial charge is 0.407 e. The van der Waals surface area contributed by atoms with E-state index in [2.05, 4.69) is 33.4 Å². The van der Waals surface area contributed by atoms with E-state index in [4.69, 9.17) is 5.73 Å². The fourth-order valence-electron chi connectivity index (χ4n) is 4.36. The lowest BCUT2D eigenvalue weighted by Gasteiger charge is -2.21. The van der Waals surface area contributed by atoms with Crippen LogP contribution in [0.2, 0.25) is 0 Å². The Morgan fingerprint density at radius 2 is 1.96 bits per heavy atom. The van der Waals surface area contributed by atoms with Crippen molar-refractivity contribution in [3.05, 3.63) is 58.6 Å². The highest BCUT2D eigenvalue weighted by Crippen LogP contribution is 2.61. The summed E-state index contributed by atoms with van der Waals surface area (Å²) in [6.07, 6.45) is 1.37. The van der Waals surface area contributed by atoms with Crippen molar-refractivity contribution in [1.82, 2.24) is 4.90 Å². The number of nitrogen functional groups attached to an aromatic ring is 1. The number of rotatable bonds is 4. The predicted octanol–water partition coefficient (Wildman–Crippen LogP) is 3.97. The second kappa shape index (κ2) is 7.13. The summed E-state index contributed by atoms with van der Waals surface area (Å²) in [6, 6.07) is 14.7. The Morgan fingerprint density at radius 1 is 1.21 bits per heavy atom. The molecule has 2 aromatic carbocycles. The molecule has 1 saturated carbocycles. The SMILES string of the molecule is Nc1ccc(Br)cc1NC(=O)C1CC2(CC2Cc2ccccc2)CN1C(=O)O. The van der Waals surface area contributed by atoms with Crippen molar-refractivity contribution in [2.45, 2.75) is 25.3 Å². The van der Waals surface area contributed by atoms with E-state index in [0.29, 0.717) is 30.3 Å². The molecule has 0 aromatic heterocycles. The standard InChI is InChI=1S/C21H22BrN3O3/c22-15-6-7-16(23)17(9-15)24-19(26)18-11-21(12-25(18)20(27)28)10-14(21)8-13-4-2-1-3-5-13/h1-7,9,14,18H,8,10-12,23H2,(H,24,26)(H,27,28). The number of carbonyl (C=O) groups is 2. The van der Waals surface area contributed by atoms with E-state index in [9.17, 15) is 14.7 Å². The predicted molar refractivity (Wildman–Crippen MR) is 111 cm³/mol. The van der Waals surface area contributed by atoms with Gasteiger partial charge in [0.1, 0.15) is 6.04 Å². The van der Waals surface area contributed by atoms with Gasteiger partial charge in [-0.15, -0.1) is 0 Å². The van der Waals surface area contributed by atoms with Crippen LogP contribution in [0.4, 0.5) is 16.2 Å². The molecule has 1 spiro atoms. The van der Waals surface area contributed by atoms with Gasteiger partial charge in [-0.2, -0.15) is 0 Å². The molecule has 146 valence electrons. The summed E-state index contributed by atoms with van der Waals surface area (Å²) < 4.78 is 0.792. The normalized spacial score (nSPS) is 25.7. The zero-order valence-corrected chi connectivity index (χ0v) is 16.9. The summed E-state index contributed by atoms with van der Waals surface area (Å²) in [7, 11) is 0. The Labute approximate surface area is 171 Å². The first kappa shape index (κ1) is 18.8. The van der Waals surface area contributed by atoms with Gasteiger partial charge in [-0.25, -0.2) is 4.79 Å². The topological polar surface area (TPSA) is 95.7 Å². The molecule has 0 radical (unpaired) electrons. The van der Waals surface area contributed by atoms with Gasteiger partial charge in [0.15, 0.2) is 0 Å². The number of hydrogen-bond donors (Lipinski definition) is 3. The molecule has 2 aromatic rings. The maximum atomic E-state index is 12.9. The Bertz CT molecular complexity index is 920. The first-order chi connectivity index (χ1) is 13.4. The zero-order valence-electron chi connectivity index (χ0n) is 15.3. The largest absolute Gasteiger partial charge is 0.465 e. The first-order valence-electron chi connectivity index (χ1n) is 9.27. The molecule has 7 heteroatoms. The minimum atomic E-state index is -1.05. The minimum absolute atomic E-state index is 0.0982. The molecule has 2 amide bonds. The number of hydrogen-bond acceptors (Lipinski definition) is 3. The van der Waals surface area contributed by atoms with Crippen molar-refractivity contribution >= 4 is 39.3 Å². The number of nitrogens with two attached hydrogens (primary N) is 1. The van der Waals surface area contributed by atoms with E-state index < -0.39 is 12.1 Å². The fourth-order valence-corrected chi connectivity index (χ4v) is 4.72. The van der Waals surface area contributed by atoms with Gasteiger partial charge in [0.05, 0.1) is 11.4 Å².